The number of benzene rings is 1. The van der Waals surface area contributed by atoms with Crippen LogP contribution in [0.1, 0.15) is 53.2 Å². The minimum Gasteiger partial charge on any atom is -0.408 e. The van der Waals surface area contributed by atoms with Gasteiger partial charge in [-0.1, -0.05) is 71.9 Å². The van der Waals surface area contributed by atoms with Crippen LogP contribution in [0.15, 0.2) is 30.3 Å². The van der Waals surface area contributed by atoms with Crippen LogP contribution >= 0.6 is 0 Å². The average Bonchev–Trinajstić information content (AvgIpc) is 2.63. The lowest BCUT2D eigenvalue weighted by molar-refractivity contribution is -0.223. The second-order valence-corrected chi connectivity index (χ2v) is 21.4. The SMILES string of the molecule is CC(C)(C)[Si](C)(C)OC1[C@@H](O[Si](C)(C)C(C)(C)C)C(O)[C@@H](CO)O[C@H]1c1ccccc1. The van der Waals surface area contributed by atoms with Crippen LogP contribution in [-0.4, -0.2) is 57.9 Å². The maximum Gasteiger partial charge on any atom is 0.192 e. The van der Waals surface area contributed by atoms with Crippen LogP contribution in [-0.2, 0) is 13.6 Å². The molecule has 5 atom stereocenters. The van der Waals surface area contributed by atoms with Crippen molar-refractivity contribution in [2.75, 3.05) is 6.61 Å². The molecule has 0 saturated carbocycles. The van der Waals surface area contributed by atoms with Gasteiger partial charge in [-0.05, 0) is 41.8 Å². The van der Waals surface area contributed by atoms with E-state index in [0.717, 1.165) is 5.56 Å². The molecule has 0 aliphatic carbocycles. The largest absolute Gasteiger partial charge is 0.408 e. The van der Waals surface area contributed by atoms with Gasteiger partial charge in [-0.3, -0.25) is 0 Å². The summed E-state index contributed by atoms with van der Waals surface area (Å²) in [6, 6.07) is 9.96. The Morgan fingerprint density at radius 2 is 1.29 bits per heavy atom. The van der Waals surface area contributed by atoms with E-state index in [9.17, 15) is 10.2 Å². The van der Waals surface area contributed by atoms with Gasteiger partial charge in [0, 0.05) is 0 Å². The van der Waals surface area contributed by atoms with Gasteiger partial charge in [0.25, 0.3) is 0 Å². The first-order valence-electron chi connectivity index (χ1n) is 11.4. The molecule has 5 nitrogen and oxygen atoms in total. The summed E-state index contributed by atoms with van der Waals surface area (Å²) in [7, 11) is -4.44. The predicted molar refractivity (Wildman–Crippen MR) is 131 cm³/mol. The van der Waals surface area contributed by atoms with E-state index in [1.807, 2.05) is 30.3 Å². The topological polar surface area (TPSA) is 68.2 Å². The maximum atomic E-state index is 11.2. The summed E-state index contributed by atoms with van der Waals surface area (Å²) in [5.41, 5.74) is 0.973. The second kappa shape index (κ2) is 9.37. The van der Waals surface area contributed by atoms with Crippen molar-refractivity contribution >= 4 is 16.6 Å². The fraction of sp³-hybridized carbons (Fsp3) is 0.750. The van der Waals surface area contributed by atoms with Crippen molar-refractivity contribution in [3.8, 4) is 0 Å². The third-order valence-electron chi connectivity index (χ3n) is 7.44. The van der Waals surface area contributed by atoms with Gasteiger partial charge in [0.2, 0.25) is 0 Å². The van der Waals surface area contributed by atoms with Gasteiger partial charge in [-0.25, -0.2) is 0 Å². The monoisotopic (exact) mass is 468 g/mol. The third-order valence-corrected chi connectivity index (χ3v) is 16.4. The molecule has 0 aromatic heterocycles. The normalized spacial score (nSPS) is 28.6. The minimum absolute atomic E-state index is 0.00542. The van der Waals surface area contributed by atoms with Crippen LogP contribution in [0, 0.1) is 0 Å². The van der Waals surface area contributed by atoms with E-state index in [1.165, 1.54) is 0 Å². The molecule has 1 heterocycles. The Hall–Kier alpha value is -0.546. The summed E-state index contributed by atoms with van der Waals surface area (Å²) < 4.78 is 20.0. The summed E-state index contributed by atoms with van der Waals surface area (Å²) in [5, 5.41) is 21.2. The predicted octanol–water partition coefficient (Wildman–Crippen LogP) is 5.26. The Bertz CT molecular complexity index is 709. The molecular weight excluding hydrogens is 424 g/mol. The average molecular weight is 469 g/mol. The Balaban J connectivity index is 2.56. The number of hydrogen-bond donors (Lipinski definition) is 2. The molecule has 1 aromatic rings. The van der Waals surface area contributed by atoms with Gasteiger partial charge in [-0.2, -0.15) is 0 Å². The number of rotatable bonds is 6. The number of aliphatic hydroxyl groups is 2. The molecule has 1 aliphatic rings. The summed E-state index contributed by atoms with van der Waals surface area (Å²) in [6.45, 7) is 21.7. The van der Waals surface area contributed by atoms with E-state index in [1.54, 1.807) is 0 Å². The van der Waals surface area contributed by atoms with Crippen molar-refractivity contribution in [3.05, 3.63) is 35.9 Å². The standard InChI is InChI=1S/C24H44O5Si2/c1-23(2,3)30(7,8)28-21-19(26)18(16-25)27-20(17-14-12-11-13-15-17)22(21)29-31(9,10)24(4,5)6/h11-15,18-22,25-26H,16H2,1-10H3/t18-,19?,20+,21+,22?/m1/s1. The maximum absolute atomic E-state index is 11.2. The fourth-order valence-corrected chi connectivity index (χ4v) is 5.89. The summed E-state index contributed by atoms with van der Waals surface area (Å²) in [4.78, 5) is 0. The summed E-state index contributed by atoms with van der Waals surface area (Å²) >= 11 is 0. The molecule has 1 aromatic carbocycles. The van der Waals surface area contributed by atoms with Crippen molar-refractivity contribution in [1.29, 1.82) is 0 Å². The molecule has 2 rings (SSSR count). The van der Waals surface area contributed by atoms with Crippen molar-refractivity contribution in [1.82, 2.24) is 0 Å². The highest BCUT2D eigenvalue weighted by molar-refractivity contribution is 6.74. The van der Waals surface area contributed by atoms with Gasteiger partial charge in [0.05, 0.1) is 6.61 Å². The minimum atomic E-state index is -2.23. The molecule has 0 amide bonds. The van der Waals surface area contributed by atoms with Gasteiger partial charge < -0.3 is 23.8 Å². The Labute approximate surface area is 191 Å². The lowest BCUT2D eigenvalue weighted by atomic mass is 9.91. The highest BCUT2D eigenvalue weighted by Crippen LogP contribution is 2.45. The lowest BCUT2D eigenvalue weighted by Gasteiger charge is -2.52. The van der Waals surface area contributed by atoms with E-state index >= 15 is 0 Å². The summed E-state index contributed by atoms with van der Waals surface area (Å²) in [5.74, 6) is 0. The van der Waals surface area contributed by atoms with E-state index in [4.69, 9.17) is 13.6 Å². The second-order valence-electron chi connectivity index (χ2n) is 11.9. The molecule has 2 unspecified atom stereocenters. The molecule has 0 radical (unpaired) electrons. The van der Waals surface area contributed by atoms with Crippen LogP contribution in [0.5, 0.6) is 0 Å². The fourth-order valence-electron chi connectivity index (χ4n) is 3.29. The summed E-state index contributed by atoms with van der Waals surface area (Å²) in [6.07, 6.45) is -3.15. The highest BCUT2D eigenvalue weighted by atomic mass is 28.4. The van der Waals surface area contributed by atoms with Gasteiger partial charge in [-0.15, -0.1) is 0 Å². The van der Waals surface area contributed by atoms with Gasteiger partial charge >= 0.3 is 0 Å². The third kappa shape index (κ3) is 5.88. The van der Waals surface area contributed by atoms with E-state index in [2.05, 4.69) is 67.7 Å². The molecule has 7 heteroatoms. The zero-order chi connectivity index (χ0) is 23.8. The van der Waals surface area contributed by atoms with Crippen LogP contribution in [0.2, 0.25) is 36.3 Å². The molecule has 2 N–H and O–H groups in total. The van der Waals surface area contributed by atoms with Gasteiger partial charge in [0.15, 0.2) is 16.6 Å². The van der Waals surface area contributed by atoms with E-state index < -0.39 is 47.2 Å². The number of ether oxygens (including phenoxy) is 1. The Morgan fingerprint density at radius 3 is 1.71 bits per heavy atom. The number of hydrogen-bond acceptors (Lipinski definition) is 5. The molecule has 1 aliphatic heterocycles. The molecule has 1 fully saturated rings. The van der Waals surface area contributed by atoms with E-state index in [0.29, 0.717) is 0 Å². The smallest absolute Gasteiger partial charge is 0.192 e. The first-order valence-corrected chi connectivity index (χ1v) is 17.2. The van der Waals surface area contributed by atoms with Crippen LogP contribution in [0.4, 0.5) is 0 Å². The zero-order valence-electron chi connectivity index (χ0n) is 21.1. The van der Waals surface area contributed by atoms with E-state index in [-0.39, 0.29) is 16.7 Å². The molecule has 178 valence electrons. The highest BCUT2D eigenvalue weighted by Gasteiger charge is 2.53. The van der Waals surface area contributed by atoms with Crippen LogP contribution in [0.3, 0.4) is 0 Å². The molecule has 1 saturated heterocycles. The van der Waals surface area contributed by atoms with Gasteiger partial charge in [0.1, 0.15) is 30.5 Å². The molecule has 31 heavy (non-hydrogen) atoms. The Morgan fingerprint density at radius 1 is 0.839 bits per heavy atom. The first kappa shape index (κ1) is 26.7. The lowest BCUT2D eigenvalue weighted by Crippen LogP contribution is -2.63. The quantitative estimate of drug-likeness (QED) is 0.557. The van der Waals surface area contributed by atoms with Crippen molar-refractivity contribution in [2.24, 2.45) is 0 Å². The van der Waals surface area contributed by atoms with Crippen molar-refractivity contribution < 1.29 is 23.8 Å². The van der Waals surface area contributed by atoms with Crippen molar-refractivity contribution in [3.63, 3.8) is 0 Å². The zero-order valence-corrected chi connectivity index (χ0v) is 23.1. The van der Waals surface area contributed by atoms with Crippen LogP contribution < -0.4 is 0 Å². The molecule has 0 bridgehead atoms. The van der Waals surface area contributed by atoms with Crippen molar-refractivity contribution in [2.45, 2.75) is 108 Å². The number of aliphatic hydroxyl groups excluding tert-OH is 2. The molecular formula is C24H44O5Si2. The Kier molecular flexibility index (Phi) is 8.07. The first-order chi connectivity index (χ1) is 14.0. The van der Waals surface area contributed by atoms with Crippen LogP contribution in [0.25, 0.3) is 0 Å². The molecule has 0 spiro atoms.